The molecule has 0 heterocycles. The van der Waals surface area contributed by atoms with Crippen LogP contribution in [-0.2, 0) is 6.42 Å². The molecule has 0 aliphatic heterocycles. The van der Waals surface area contributed by atoms with Crippen molar-refractivity contribution in [3.05, 3.63) is 28.8 Å². The van der Waals surface area contributed by atoms with Gasteiger partial charge in [0.05, 0.1) is 0 Å². The van der Waals surface area contributed by atoms with E-state index in [0.717, 1.165) is 17.5 Å². The van der Waals surface area contributed by atoms with Gasteiger partial charge in [0.25, 0.3) is 0 Å². The van der Waals surface area contributed by atoms with Gasteiger partial charge < -0.3 is 16.6 Å². The van der Waals surface area contributed by atoms with Gasteiger partial charge in [-0.25, -0.2) is 0 Å². The summed E-state index contributed by atoms with van der Waals surface area (Å²) in [6.07, 6.45) is 0.936. The van der Waals surface area contributed by atoms with Crippen molar-refractivity contribution in [2.75, 3.05) is 6.54 Å². The molecule has 0 aromatic heterocycles. The van der Waals surface area contributed by atoms with Gasteiger partial charge in [-0.3, -0.25) is 0 Å². The summed E-state index contributed by atoms with van der Waals surface area (Å²) < 4.78 is 0. The Bertz CT molecular complexity index is 323. The van der Waals surface area contributed by atoms with E-state index in [0.29, 0.717) is 6.54 Å². The highest BCUT2D eigenvalue weighted by Gasteiger charge is 2.12. The quantitative estimate of drug-likeness (QED) is 0.677. The summed E-state index contributed by atoms with van der Waals surface area (Å²) in [5.74, 6) is 0.278. The minimum Gasteiger partial charge on any atom is -0.507 e. The van der Waals surface area contributed by atoms with Gasteiger partial charge in [0.2, 0.25) is 0 Å². The van der Waals surface area contributed by atoms with Crippen LogP contribution < -0.4 is 11.5 Å². The van der Waals surface area contributed by atoms with Gasteiger partial charge in [0.1, 0.15) is 5.75 Å². The summed E-state index contributed by atoms with van der Waals surface area (Å²) >= 11 is 0. The number of phenolic OH excluding ortho intramolecular Hbond substituents is 1. The molecule has 0 bridgehead atoms. The van der Waals surface area contributed by atoms with Crippen molar-refractivity contribution in [1.29, 1.82) is 0 Å². The summed E-state index contributed by atoms with van der Waals surface area (Å²) in [5.41, 5.74) is 14.1. The van der Waals surface area contributed by atoms with Gasteiger partial charge in [-0.15, -0.1) is 0 Å². The molecule has 3 nitrogen and oxygen atoms in total. The molecule has 1 aromatic rings. The lowest BCUT2D eigenvalue weighted by molar-refractivity contribution is 0.457. The lowest BCUT2D eigenvalue weighted by atomic mass is 9.98. The smallest absolute Gasteiger partial charge is 0.123 e. The first-order valence-corrected chi connectivity index (χ1v) is 4.88. The van der Waals surface area contributed by atoms with Gasteiger partial charge in [-0.05, 0) is 24.5 Å². The number of aryl methyl sites for hydroxylation is 2. The Kier molecular flexibility index (Phi) is 3.49. The Labute approximate surface area is 84.7 Å². The van der Waals surface area contributed by atoms with Gasteiger partial charge >= 0.3 is 0 Å². The highest BCUT2D eigenvalue weighted by molar-refractivity contribution is 5.44. The lowest BCUT2D eigenvalue weighted by Crippen LogP contribution is -2.21. The van der Waals surface area contributed by atoms with Crippen LogP contribution in [0, 0.1) is 6.92 Å². The number of aromatic hydroxyl groups is 1. The van der Waals surface area contributed by atoms with E-state index in [-0.39, 0.29) is 11.8 Å². The number of hydrogen-bond acceptors (Lipinski definition) is 3. The molecule has 3 heteroatoms. The maximum atomic E-state index is 9.78. The maximum Gasteiger partial charge on any atom is 0.123 e. The fourth-order valence-corrected chi connectivity index (χ4v) is 1.50. The van der Waals surface area contributed by atoms with Crippen LogP contribution in [0.4, 0.5) is 0 Å². The third-order valence-corrected chi connectivity index (χ3v) is 2.45. The van der Waals surface area contributed by atoms with E-state index in [9.17, 15) is 5.11 Å². The molecule has 0 fully saturated rings. The Morgan fingerprint density at radius 1 is 1.43 bits per heavy atom. The van der Waals surface area contributed by atoms with Crippen molar-refractivity contribution < 1.29 is 5.11 Å². The number of hydrogen-bond donors (Lipinski definition) is 3. The minimum atomic E-state index is -0.278. The zero-order chi connectivity index (χ0) is 10.7. The first-order chi connectivity index (χ1) is 6.60. The Hall–Kier alpha value is -1.06. The van der Waals surface area contributed by atoms with E-state index in [4.69, 9.17) is 11.5 Å². The average Bonchev–Trinajstić information content (AvgIpc) is 2.20. The summed E-state index contributed by atoms with van der Waals surface area (Å²) in [6, 6.07) is 3.63. The van der Waals surface area contributed by atoms with Gasteiger partial charge in [0, 0.05) is 18.2 Å². The molecule has 0 saturated carbocycles. The van der Waals surface area contributed by atoms with Gasteiger partial charge in [-0.1, -0.05) is 19.1 Å². The molecule has 0 aliphatic rings. The van der Waals surface area contributed by atoms with Crippen molar-refractivity contribution in [2.45, 2.75) is 26.3 Å². The molecule has 0 saturated heterocycles. The fraction of sp³-hybridized carbons (Fsp3) is 0.455. The minimum absolute atomic E-state index is 0.278. The molecular formula is C11H18N2O. The second-order valence-corrected chi connectivity index (χ2v) is 3.55. The van der Waals surface area contributed by atoms with Crippen molar-refractivity contribution in [1.82, 2.24) is 0 Å². The lowest BCUT2D eigenvalue weighted by Gasteiger charge is -2.14. The molecule has 5 N–H and O–H groups in total. The Balaban J connectivity index is 3.20. The maximum absolute atomic E-state index is 9.78. The average molecular weight is 194 g/mol. The highest BCUT2D eigenvalue weighted by Crippen LogP contribution is 2.27. The monoisotopic (exact) mass is 194 g/mol. The SMILES string of the molecule is CCc1cc(C)c(O)c([C@@H](N)CN)c1. The van der Waals surface area contributed by atoms with Crippen molar-refractivity contribution in [3.63, 3.8) is 0 Å². The third kappa shape index (κ3) is 2.05. The number of benzene rings is 1. The molecule has 0 spiro atoms. The molecule has 0 aliphatic carbocycles. The van der Waals surface area contributed by atoms with Crippen LogP contribution in [-0.4, -0.2) is 11.7 Å². The van der Waals surface area contributed by atoms with E-state index in [1.54, 1.807) is 0 Å². The Morgan fingerprint density at radius 2 is 2.07 bits per heavy atom. The first kappa shape index (κ1) is 11.0. The topological polar surface area (TPSA) is 72.3 Å². The van der Waals surface area contributed by atoms with E-state index in [1.807, 2.05) is 19.1 Å². The van der Waals surface area contributed by atoms with Crippen LogP contribution in [0.3, 0.4) is 0 Å². The third-order valence-electron chi connectivity index (χ3n) is 2.45. The van der Waals surface area contributed by atoms with Crippen molar-refractivity contribution >= 4 is 0 Å². The van der Waals surface area contributed by atoms with Gasteiger partial charge in [0.15, 0.2) is 0 Å². The second kappa shape index (κ2) is 4.44. The predicted molar refractivity (Wildman–Crippen MR) is 58.2 cm³/mol. The van der Waals surface area contributed by atoms with Crippen molar-refractivity contribution in [2.24, 2.45) is 11.5 Å². The molecule has 78 valence electrons. The number of nitrogens with two attached hydrogens (primary N) is 2. The summed E-state index contributed by atoms with van der Waals surface area (Å²) in [5, 5.41) is 9.78. The highest BCUT2D eigenvalue weighted by atomic mass is 16.3. The predicted octanol–water partition coefficient (Wildman–Crippen LogP) is 1.22. The molecule has 1 rings (SSSR count). The van der Waals surface area contributed by atoms with E-state index in [1.165, 1.54) is 5.56 Å². The first-order valence-electron chi connectivity index (χ1n) is 4.88. The van der Waals surface area contributed by atoms with Gasteiger partial charge in [-0.2, -0.15) is 0 Å². The van der Waals surface area contributed by atoms with Crippen LogP contribution in [0.15, 0.2) is 12.1 Å². The molecule has 14 heavy (non-hydrogen) atoms. The molecule has 0 unspecified atom stereocenters. The van der Waals surface area contributed by atoms with Crippen molar-refractivity contribution in [3.8, 4) is 5.75 Å². The molecule has 1 aromatic carbocycles. The largest absolute Gasteiger partial charge is 0.507 e. The molecular weight excluding hydrogens is 176 g/mol. The van der Waals surface area contributed by atoms with E-state index in [2.05, 4.69) is 6.92 Å². The van der Waals surface area contributed by atoms with Crippen LogP contribution in [0.1, 0.15) is 29.7 Å². The normalized spacial score (nSPS) is 12.9. The molecule has 0 amide bonds. The van der Waals surface area contributed by atoms with E-state index < -0.39 is 0 Å². The standard InChI is InChI=1S/C11H18N2O/c1-3-8-4-7(2)11(14)9(5-8)10(13)6-12/h4-5,10,14H,3,6,12-13H2,1-2H3/t10-/m0/s1. The van der Waals surface area contributed by atoms with Crippen LogP contribution in [0.5, 0.6) is 5.75 Å². The number of phenols is 1. The Morgan fingerprint density at radius 3 is 2.57 bits per heavy atom. The van der Waals surface area contributed by atoms with E-state index >= 15 is 0 Å². The molecule has 1 atom stereocenters. The summed E-state index contributed by atoms with van der Waals surface area (Å²) in [7, 11) is 0. The number of rotatable bonds is 3. The van der Waals surface area contributed by atoms with Crippen LogP contribution in [0.2, 0.25) is 0 Å². The van der Waals surface area contributed by atoms with Crippen LogP contribution >= 0.6 is 0 Å². The summed E-state index contributed by atoms with van der Waals surface area (Å²) in [4.78, 5) is 0. The zero-order valence-electron chi connectivity index (χ0n) is 8.75. The zero-order valence-corrected chi connectivity index (χ0v) is 8.75. The fourth-order valence-electron chi connectivity index (χ4n) is 1.50. The second-order valence-electron chi connectivity index (χ2n) is 3.55. The van der Waals surface area contributed by atoms with Crippen LogP contribution in [0.25, 0.3) is 0 Å². The molecule has 0 radical (unpaired) electrons. The summed E-state index contributed by atoms with van der Waals surface area (Å²) in [6.45, 7) is 4.30.